The molecule has 1 unspecified atom stereocenters. The molecule has 1 heterocycles. The van der Waals surface area contributed by atoms with Crippen molar-refractivity contribution in [1.82, 2.24) is 0 Å². The summed E-state index contributed by atoms with van der Waals surface area (Å²) in [4.78, 5) is 0. The Morgan fingerprint density at radius 1 is 1.71 bits per heavy atom. The molecule has 0 saturated carbocycles. The molecular formula is C6H7P. The third-order valence-corrected chi connectivity index (χ3v) is 1.91. The fourth-order valence-electron chi connectivity index (χ4n) is 0.471. The molecule has 1 aromatic rings. The second-order valence-corrected chi connectivity index (χ2v) is 2.53. The van der Waals surface area contributed by atoms with Crippen LogP contribution in [0.5, 0.6) is 0 Å². The van der Waals surface area contributed by atoms with E-state index in [1.165, 1.54) is 5.30 Å². The Bertz CT molecular complexity index is 139. The molecule has 0 amide bonds. The fourth-order valence-corrected chi connectivity index (χ4v) is 1.17. The molecule has 0 N–H and O–H groups in total. The minimum Gasteiger partial charge on any atom is -0.132 e. The van der Waals surface area contributed by atoms with Crippen LogP contribution in [0.3, 0.4) is 0 Å². The summed E-state index contributed by atoms with van der Waals surface area (Å²) < 4.78 is 0. The zero-order valence-electron chi connectivity index (χ0n) is 4.02. The van der Waals surface area contributed by atoms with Crippen molar-refractivity contribution in [2.75, 3.05) is 0 Å². The summed E-state index contributed by atoms with van der Waals surface area (Å²) in [5.74, 6) is 2.15. The lowest BCUT2D eigenvalue weighted by atomic mass is 10.5. The van der Waals surface area contributed by atoms with Crippen LogP contribution in [-0.2, 0) is 0 Å². The van der Waals surface area contributed by atoms with Crippen LogP contribution in [-0.4, -0.2) is 0 Å². The van der Waals surface area contributed by atoms with Crippen LogP contribution < -0.4 is 0 Å². The first-order valence-corrected chi connectivity index (χ1v) is 3.27. The maximum atomic E-state index is 3.64. The summed E-state index contributed by atoms with van der Waals surface area (Å²) in [5.41, 5.74) is 0. The van der Waals surface area contributed by atoms with Gasteiger partial charge in [0.15, 0.2) is 0 Å². The van der Waals surface area contributed by atoms with E-state index in [0.29, 0.717) is 0 Å². The topological polar surface area (TPSA) is 0 Å². The van der Waals surface area contributed by atoms with Crippen molar-refractivity contribution in [2.24, 2.45) is 0 Å². The van der Waals surface area contributed by atoms with Gasteiger partial charge in [0.2, 0.25) is 0 Å². The summed E-state index contributed by atoms with van der Waals surface area (Å²) >= 11 is 0. The fraction of sp³-hybridized carbons (Fsp3) is 0. The van der Waals surface area contributed by atoms with Crippen LogP contribution >= 0.6 is 8.19 Å². The Hall–Kier alpha value is -0.480. The first kappa shape index (κ1) is 4.67. The van der Waals surface area contributed by atoms with Gasteiger partial charge in [0, 0.05) is 0 Å². The van der Waals surface area contributed by atoms with Gasteiger partial charge >= 0.3 is 0 Å². The molecule has 0 fully saturated rings. The number of hydrogen-bond acceptors (Lipinski definition) is 0. The van der Waals surface area contributed by atoms with Crippen LogP contribution in [0, 0.1) is 0 Å². The lowest BCUT2D eigenvalue weighted by molar-refractivity contribution is 1.97. The van der Waals surface area contributed by atoms with Crippen molar-refractivity contribution in [2.45, 2.75) is 0 Å². The monoisotopic (exact) mass is 110 g/mol. The van der Waals surface area contributed by atoms with Crippen molar-refractivity contribution in [3.8, 4) is 0 Å². The molecular weight excluding hydrogens is 103 g/mol. The van der Waals surface area contributed by atoms with Gasteiger partial charge in [-0.3, -0.25) is 0 Å². The molecule has 1 heteroatoms. The third kappa shape index (κ3) is 0.942. The quantitative estimate of drug-likeness (QED) is 0.520. The summed E-state index contributed by atoms with van der Waals surface area (Å²) in [6.07, 6.45) is 1.90. The van der Waals surface area contributed by atoms with E-state index < -0.39 is 0 Å². The molecule has 0 spiro atoms. The molecule has 0 aliphatic rings. The van der Waals surface area contributed by atoms with Gasteiger partial charge in [-0.05, 0) is 11.1 Å². The van der Waals surface area contributed by atoms with Crippen molar-refractivity contribution in [3.63, 3.8) is 0 Å². The Morgan fingerprint density at radius 2 is 2.57 bits per heavy atom. The van der Waals surface area contributed by atoms with Gasteiger partial charge in [-0.2, -0.15) is 0 Å². The highest BCUT2D eigenvalue weighted by Gasteiger charge is 1.76. The summed E-state index contributed by atoms with van der Waals surface area (Å²) in [5, 5.41) is 1.35. The summed E-state index contributed by atoms with van der Waals surface area (Å²) in [7, 11) is 0.862. The van der Waals surface area contributed by atoms with E-state index in [2.05, 4.69) is 24.5 Å². The van der Waals surface area contributed by atoms with E-state index in [1.54, 1.807) is 0 Å². The lowest BCUT2D eigenvalue weighted by Gasteiger charge is -1.72. The van der Waals surface area contributed by atoms with Crippen LogP contribution in [0.4, 0.5) is 0 Å². The average Bonchev–Trinajstić information content (AvgIpc) is 2.14. The molecule has 1 atom stereocenters. The lowest BCUT2D eigenvalue weighted by Crippen LogP contribution is -1.44. The van der Waals surface area contributed by atoms with E-state index in [1.807, 2.05) is 6.08 Å². The van der Waals surface area contributed by atoms with Crippen LogP contribution in [0.1, 0.15) is 5.30 Å². The average molecular weight is 110 g/mol. The van der Waals surface area contributed by atoms with E-state index in [-0.39, 0.29) is 0 Å². The maximum Gasteiger partial charge on any atom is -0.00965 e. The van der Waals surface area contributed by atoms with Gasteiger partial charge in [0.25, 0.3) is 0 Å². The van der Waals surface area contributed by atoms with Crippen LogP contribution in [0.15, 0.2) is 24.5 Å². The molecule has 1 aromatic heterocycles. The minimum absolute atomic E-state index is 0.862. The first-order valence-electron chi connectivity index (χ1n) is 2.19. The van der Waals surface area contributed by atoms with Gasteiger partial charge in [-0.15, -0.1) is 8.19 Å². The molecule has 0 aliphatic heterocycles. The van der Waals surface area contributed by atoms with Crippen molar-refractivity contribution in [3.05, 3.63) is 29.8 Å². The van der Waals surface area contributed by atoms with Gasteiger partial charge < -0.3 is 0 Å². The summed E-state index contributed by atoms with van der Waals surface area (Å²) in [6, 6.07) is 4.15. The Balaban J connectivity index is 2.96. The van der Waals surface area contributed by atoms with Gasteiger partial charge in [0.05, 0.1) is 0 Å². The van der Waals surface area contributed by atoms with Gasteiger partial charge in [-0.1, -0.05) is 24.8 Å². The minimum atomic E-state index is 0.862. The predicted octanol–water partition coefficient (Wildman–Crippen LogP) is 2.36. The molecule has 7 heavy (non-hydrogen) atoms. The summed E-state index contributed by atoms with van der Waals surface area (Å²) in [6.45, 7) is 3.64. The van der Waals surface area contributed by atoms with E-state index in [9.17, 15) is 0 Å². The molecule has 0 saturated heterocycles. The molecule has 1 rings (SSSR count). The number of hydrogen-bond donors (Lipinski definition) is 0. The Labute approximate surface area is 45.0 Å². The van der Waals surface area contributed by atoms with E-state index in [0.717, 1.165) is 8.19 Å². The zero-order valence-corrected chi connectivity index (χ0v) is 5.02. The third-order valence-electron chi connectivity index (χ3n) is 0.842. The van der Waals surface area contributed by atoms with Crippen LogP contribution in [0.2, 0.25) is 0 Å². The Kier molecular flexibility index (Phi) is 1.33. The maximum absolute atomic E-state index is 3.64. The molecule has 0 aliphatic carbocycles. The van der Waals surface area contributed by atoms with Crippen molar-refractivity contribution < 1.29 is 0 Å². The van der Waals surface area contributed by atoms with Gasteiger partial charge in [0.1, 0.15) is 0 Å². The second kappa shape index (κ2) is 1.99. The number of rotatable bonds is 1. The highest BCUT2D eigenvalue weighted by molar-refractivity contribution is 7.30. The molecule has 0 nitrogen and oxygen atoms in total. The second-order valence-electron chi connectivity index (χ2n) is 1.33. The highest BCUT2D eigenvalue weighted by atomic mass is 31.0. The molecule has 0 bridgehead atoms. The van der Waals surface area contributed by atoms with Crippen molar-refractivity contribution >= 4 is 14.3 Å². The Morgan fingerprint density at radius 3 is 2.86 bits per heavy atom. The van der Waals surface area contributed by atoms with E-state index >= 15 is 0 Å². The molecule has 0 aromatic carbocycles. The zero-order chi connectivity index (χ0) is 5.11. The van der Waals surface area contributed by atoms with Gasteiger partial charge in [-0.25, -0.2) is 0 Å². The largest absolute Gasteiger partial charge is 0.132 e. The smallest absolute Gasteiger partial charge is 0.00965 e. The van der Waals surface area contributed by atoms with Crippen molar-refractivity contribution in [1.29, 1.82) is 0 Å². The highest BCUT2D eigenvalue weighted by Crippen LogP contribution is 2.14. The normalized spacial score (nSPS) is 9.71. The molecule has 36 valence electrons. The van der Waals surface area contributed by atoms with Crippen LogP contribution in [0.25, 0.3) is 6.08 Å². The predicted molar refractivity (Wildman–Crippen MR) is 36.0 cm³/mol. The molecule has 0 radical (unpaired) electrons. The SMILES string of the molecule is C=Cc1ccc[pH]1. The van der Waals surface area contributed by atoms with E-state index in [4.69, 9.17) is 0 Å². The standard InChI is InChI=1S/C6H7P/c1-2-6-4-3-5-7-6/h2-5,7H,1H2. The first-order chi connectivity index (χ1) is 3.43.